The molecule has 1 aliphatic heterocycles. The maximum Gasteiger partial charge on any atom is 0.305 e. The van der Waals surface area contributed by atoms with Gasteiger partial charge in [0.15, 0.2) is 5.79 Å². The predicted molar refractivity (Wildman–Crippen MR) is 193 cm³/mol. The van der Waals surface area contributed by atoms with Crippen LogP contribution in [0, 0.1) is 5.41 Å². The third-order valence-electron chi connectivity index (χ3n) is 8.86. The molecule has 1 aliphatic rings. The van der Waals surface area contributed by atoms with Gasteiger partial charge in [0, 0.05) is 24.8 Å². The van der Waals surface area contributed by atoms with Gasteiger partial charge in [-0.3, -0.25) is 14.4 Å². The van der Waals surface area contributed by atoms with Crippen molar-refractivity contribution in [3.8, 4) is 0 Å². The van der Waals surface area contributed by atoms with Gasteiger partial charge in [-0.05, 0) is 64.4 Å². The van der Waals surface area contributed by atoms with Crippen LogP contribution in [0.2, 0.25) is 0 Å². The summed E-state index contributed by atoms with van der Waals surface area (Å²) in [6, 6.07) is 9.25. The largest absolute Gasteiger partial charge is 0.463 e. The van der Waals surface area contributed by atoms with Crippen molar-refractivity contribution in [1.82, 2.24) is 10.6 Å². The van der Waals surface area contributed by atoms with Crippen molar-refractivity contribution >= 4 is 17.8 Å². The lowest BCUT2D eigenvalue weighted by molar-refractivity contribution is -0.304. The van der Waals surface area contributed by atoms with Gasteiger partial charge in [-0.2, -0.15) is 0 Å². The molecule has 48 heavy (non-hydrogen) atoms. The van der Waals surface area contributed by atoms with Gasteiger partial charge < -0.3 is 24.8 Å². The number of hydrogen-bond donors (Lipinski definition) is 2. The van der Waals surface area contributed by atoms with Crippen LogP contribution in [0.4, 0.5) is 0 Å². The predicted octanol–water partition coefficient (Wildman–Crippen LogP) is 8.89. The van der Waals surface area contributed by atoms with Gasteiger partial charge in [-0.25, -0.2) is 0 Å². The van der Waals surface area contributed by atoms with Crippen LogP contribution in [0.3, 0.4) is 0 Å². The van der Waals surface area contributed by atoms with Gasteiger partial charge in [-0.15, -0.1) is 0 Å². The standard InChI is InChI=1S/C40H66N2O6/c1-6-7-8-9-10-11-12-13-14-15-16-17-18-19-23-28-35(43)42-34(33-26-21-20-22-27-33)31-46-36(44)29-24-25-30-41-38(45)37-39(2,3)32-47-40(4,5)48-37/h13-14,20-22,26-27,34,37H,6-12,15-19,23-25,28-32H2,1-5H3,(H,41,45)(H,42,43)/t34-,37?/m1/s1. The van der Waals surface area contributed by atoms with E-state index in [1.165, 1.54) is 57.8 Å². The van der Waals surface area contributed by atoms with Gasteiger partial charge in [0.1, 0.15) is 12.7 Å². The number of rotatable bonds is 25. The number of nitrogens with one attached hydrogen (secondary N) is 2. The number of benzene rings is 1. The third kappa shape index (κ3) is 18.2. The highest BCUT2D eigenvalue weighted by Gasteiger charge is 2.45. The summed E-state index contributed by atoms with van der Waals surface area (Å²) in [6.45, 7) is 10.7. The molecule has 2 rings (SSSR count). The molecule has 8 heteroatoms. The molecule has 2 atom stereocenters. The molecule has 1 unspecified atom stereocenters. The topological polar surface area (TPSA) is 103 Å². The van der Waals surface area contributed by atoms with Crippen LogP contribution in [-0.2, 0) is 28.6 Å². The molecule has 1 aromatic rings. The summed E-state index contributed by atoms with van der Waals surface area (Å²) < 4.78 is 17.2. The molecule has 1 fully saturated rings. The first kappa shape index (κ1) is 41.5. The van der Waals surface area contributed by atoms with E-state index in [9.17, 15) is 14.4 Å². The summed E-state index contributed by atoms with van der Waals surface area (Å²) >= 11 is 0. The van der Waals surface area contributed by atoms with Crippen molar-refractivity contribution in [3.05, 3.63) is 48.0 Å². The first-order valence-electron chi connectivity index (χ1n) is 18.8. The van der Waals surface area contributed by atoms with E-state index in [0.29, 0.717) is 32.4 Å². The summed E-state index contributed by atoms with van der Waals surface area (Å²) in [4.78, 5) is 38.1. The second kappa shape index (κ2) is 23.6. The highest BCUT2D eigenvalue weighted by atomic mass is 16.7. The molecule has 0 radical (unpaired) electrons. The van der Waals surface area contributed by atoms with E-state index in [1.54, 1.807) is 0 Å². The van der Waals surface area contributed by atoms with Crippen molar-refractivity contribution in [2.24, 2.45) is 5.41 Å². The molecule has 0 aliphatic carbocycles. The lowest BCUT2D eigenvalue weighted by atomic mass is 9.85. The number of allylic oxidation sites excluding steroid dienone is 2. The Bertz CT molecular complexity index is 1070. The quantitative estimate of drug-likeness (QED) is 0.0612. The lowest BCUT2D eigenvalue weighted by Gasteiger charge is -2.44. The van der Waals surface area contributed by atoms with Gasteiger partial charge in [-0.1, -0.05) is 115 Å². The Balaban J connectivity index is 1.59. The van der Waals surface area contributed by atoms with Crippen molar-refractivity contribution in [3.63, 3.8) is 0 Å². The van der Waals surface area contributed by atoms with Crippen LogP contribution >= 0.6 is 0 Å². The fourth-order valence-electron chi connectivity index (χ4n) is 5.80. The Hall–Kier alpha value is -2.71. The average Bonchev–Trinajstić information content (AvgIpc) is 3.06. The Morgan fingerprint density at radius 2 is 1.44 bits per heavy atom. The highest BCUT2D eigenvalue weighted by molar-refractivity contribution is 5.81. The van der Waals surface area contributed by atoms with Gasteiger partial charge >= 0.3 is 5.97 Å². The van der Waals surface area contributed by atoms with E-state index in [0.717, 1.165) is 31.2 Å². The average molecular weight is 671 g/mol. The molecule has 1 heterocycles. The van der Waals surface area contributed by atoms with Crippen LogP contribution in [0.1, 0.15) is 155 Å². The number of unbranched alkanes of at least 4 members (excludes halogenated alkanes) is 12. The second-order valence-electron chi connectivity index (χ2n) is 14.5. The van der Waals surface area contributed by atoms with E-state index >= 15 is 0 Å². The Morgan fingerprint density at radius 3 is 2.10 bits per heavy atom. The Labute approximate surface area is 291 Å². The lowest BCUT2D eigenvalue weighted by Crippen LogP contribution is -2.56. The number of esters is 1. The number of hydrogen-bond acceptors (Lipinski definition) is 6. The fraction of sp³-hybridized carbons (Fsp3) is 0.725. The van der Waals surface area contributed by atoms with E-state index < -0.39 is 23.3 Å². The number of carbonyl (C=O) groups is 3. The summed E-state index contributed by atoms with van der Waals surface area (Å²) in [5.74, 6) is -1.30. The van der Waals surface area contributed by atoms with E-state index in [4.69, 9.17) is 14.2 Å². The summed E-state index contributed by atoms with van der Waals surface area (Å²) in [5, 5.41) is 6.02. The van der Waals surface area contributed by atoms with Crippen molar-refractivity contribution < 1.29 is 28.6 Å². The fourth-order valence-corrected chi connectivity index (χ4v) is 5.80. The number of amides is 2. The zero-order valence-electron chi connectivity index (χ0n) is 30.8. The molecular weight excluding hydrogens is 604 g/mol. The van der Waals surface area contributed by atoms with Gasteiger partial charge in [0.05, 0.1) is 12.6 Å². The maximum absolute atomic E-state index is 12.8. The van der Waals surface area contributed by atoms with Crippen molar-refractivity contribution in [2.45, 2.75) is 162 Å². The molecule has 0 bridgehead atoms. The van der Waals surface area contributed by atoms with Crippen LogP contribution in [0.15, 0.2) is 42.5 Å². The molecule has 272 valence electrons. The monoisotopic (exact) mass is 670 g/mol. The number of carbonyl (C=O) groups excluding carboxylic acids is 3. The Morgan fingerprint density at radius 1 is 0.833 bits per heavy atom. The summed E-state index contributed by atoms with van der Waals surface area (Å²) in [5.41, 5.74) is 0.477. The van der Waals surface area contributed by atoms with Crippen LogP contribution in [0.5, 0.6) is 0 Å². The molecule has 2 N–H and O–H groups in total. The molecule has 0 saturated carbocycles. The Kier molecular flexibility index (Phi) is 20.4. The SMILES string of the molecule is CCCCCCCCC=CCCCCCCCC(=O)N[C@H](COC(=O)CCCCNC(=O)C1OC(C)(C)OCC1(C)C)c1ccccc1. The summed E-state index contributed by atoms with van der Waals surface area (Å²) in [7, 11) is 0. The zero-order valence-corrected chi connectivity index (χ0v) is 30.8. The maximum atomic E-state index is 12.8. The first-order valence-corrected chi connectivity index (χ1v) is 18.8. The smallest absolute Gasteiger partial charge is 0.305 e. The van der Waals surface area contributed by atoms with Crippen molar-refractivity contribution in [1.29, 1.82) is 0 Å². The molecular formula is C40H66N2O6. The summed E-state index contributed by atoms with van der Waals surface area (Å²) in [6.07, 6.45) is 21.9. The molecule has 0 spiro atoms. The molecule has 1 aromatic carbocycles. The van der Waals surface area contributed by atoms with E-state index in [-0.39, 0.29) is 30.8 Å². The van der Waals surface area contributed by atoms with Crippen LogP contribution < -0.4 is 10.6 Å². The van der Waals surface area contributed by atoms with Gasteiger partial charge in [0.2, 0.25) is 11.8 Å². The minimum absolute atomic E-state index is 0.0201. The third-order valence-corrected chi connectivity index (χ3v) is 8.86. The van der Waals surface area contributed by atoms with E-state index in [1.807, 2.05) is 58.0 Å². The van der Waals surface area contributed by atoms with Crippen LogP contribution in [-0.4, -0.2) is 49.4 Å². The van der Waals surface area contributed by atoms with E-state index in [2.05, 4.69) is 29.7 Å². The minimum Gasteiger partial charge on any atom is -0.463 e. The molecule has 0 aromatic heterocycles. The second-order valence-corrected chi connectivity index (χ2v) is 14.5. The normalized spacial score (nSPS) is 17.6. The molecule has 8 nitrogen and oxygen atoms in total. The molecule has 2 amide bonds. The first-order chi connectivity index (χ1) is 23.0. The number of ether oxygens (including phenoxy) is 3. The minimum atomic E-state index is -0.803. The van der Waals surface area contributed by atoms with Gasteiger partial charge in [0.25, 0.3) is 0 Å². The van der Waals surface area contributed by atoms with Crippen molar-refractivity contribution in [2.75, 3.05) is 19.8 Å². The zero-order chi connectivity index (χ0) is 35.1. The highest BCUT2D eigenvalue weighted by Crippen LogP contribution is 2.34. The van der Waals surface area contributed by atoms with Crippen LogP contribution in [0.25, 0.3) is 0 Å². The molecule has 1 saturated heterocycles.